The molecule has 0 aromatic heterocycles. The lowest BCUT2D eigenvalue weighted by molar-refractivity contribution is -0.126. The van der Waals surface area contributed by atoms with Gasteiger partial charge in [0, 0.05) is 25.0 Å². The number of methoxy groups -OCH3 is 2. The Morgan fingerprint density at radius 3 is 2.79 bits per heavy atom. The second-order valence-electron chi connectivity index (χ2n) is 6.45. The maximum Gasteiger partial charge on any atom is 0.409 e. The summed E-state index contributed by atoms with van der Waals surface area (Å²) in [5.41, 5.74) is 1.14. The molecule has 2 amide bonds. The number of hydrogen-bond acceptors (Lipinski definition) is 4. The Labute approximate surface area is 142 Å². The minimum Gasteiger partial charge on any atom is -0.496 e. The molecule has 1 aliphatic heterocycles. The molecule has 1 N–H and O–H groups in total. The standard InChI is InChI=1S/C18H24N2O4/c1-23-16-8-4-3-7-13(16)14-10-15(14)19-17(21)12-6-5-9-20(11-12)18(22)24-2/h3-4,7-8,12,14-15H,5-6,9-11H2,1-2H3,(H,19,21). The monoisotopic (exact) mass is 332 g/mol. The molecule has 6 heteroatoms. The lowest BCUT2D eigenvalue weighted by Gasteiger charge is -2.30. The first-order valence-corrected chi connectivity index (χ1v) is 8.40. The van der Waals surface area contributed by atoms with Gasteiger partial charge in [0.05, 0.1) is 20.1 Å². The van der Waals surface area contributed by atoms with Gasteiger partial charge in [-0.05, 0) is 30.9 Å². The molecule has 2 aliphatic rings. The fourth-order valence-corrected chi connectivity index (χ4v) is 3.46. The van der Waals surface area contributed by atoms with Gasteiger partial charge in [0.25, 0.3) is 0 Å². The minimum atomic E-state index is -0.356. The van der Waals surface area contributed by atoms with Gasteiger partial charge >= 0.3 is 6.09 Å². The molecular formula is C18H24N2O4. The number of carbonyl (C=O) groups is 2. The molecule has 24 heavy (non-hydrogen) atoms. The zero-order valence-corrected chi connectivity index (χ0v) is 14.2. The highest BCUT2D eigenvalue weighted by atomic mass is 16.5. The van der Waals surface area contributed by atoms with E-state index in [4.69, 9.17) is 9.47 Å². The Kier molecular flexibility index (Phi) is 4.92. The molecule has 1 aromatic carbocycles. The van der Waals surface area contributed by atoms with Gasteiger partial charge in [0.1, 0.15) is 5.75 Å². The Morgan fingerprint density at radius 1 is 1.25 bits per heavy atom. The van der Waals surface area contributed by atoms with Crippen LogP contribution in [0, 0.1) is 5.92 Å². The molecule has 1 aliphatic carbocycles. The van der Waals surface area contributed by atoms with Crippen molar-refractivity contribution >= 4 is 12.0 Å². The molecular weight excluding hydrogens is 308 g/mol. The first kappa shape index (κ1) is 16.6. The van der Waals surface area contributed by atoms with Crippen LogP contribution in [-0.4, -0.2) is 50.3 Å². The molecule has 0 bridgehead atoms. The second kappa shape index (κ2) is 7.11. The van der Waals surface area contributed by atoms with Gasteiger partial charge in [-0.15, -0.1) is 0 Å². The normalized spacial score (nSPS) is 25.8. The third kappa shape index (κ3) is 3.47. The molecule has 0 spiro atoms. The van der Waals surface area contributed by atoms with Crippen molar-refractivity contribution in [2.24, 2.45) is 5.92 Å². The molecule has 1 saturated carbocycles. The first-order valence-electron chi connectivity index (χ1n) is 8.40. The average molecular weight is 332 g/mol. The zero-order chi connectivity index (χ0) is 17.1. The highest BCUT2D eigenvalue weighted by Crippen LogP contribution is 2.44. The SMILES string of the molecule is COC(=O)N1CCCC(C(=O)NC2CC2c2ccccc2OC)C1. The lowest BCUT2D eigenvalue weighted by atomic mass is 9.97. The van der Waals surface area contributed by atoms with Gasteiger partial charge in [-0.3, -0.25) is 4.79 Å². The number of carbonyl (C=O) groups excluding carboxylic acids is 2. The summed E-state index contributed by atoms with van der Waals surface area (Å²) >= 11 is 0. The fraction of sp³-hybridized carbons (Fsp3) is 0.556. The van der Waals surface area contributed by atoms with Crippen LogP contribution in [0.15, 0.2) is 24.3 Å². The number of nitrogens with one attached hydrogen (secondary N) is 1. The summed E-state index contributed by atoms with van der Waals surface area (Å²) in [6.07, 6.45) is 2.21. The third-order valence-corrected chi connectivity index (χ3v) is 4.88. The number of likely N-dealkylation sites (tertiary alicyclic amines) is 1. The van der Waals surface area contributed by atoms with E-state index in [2.05, 4.69) is 11.4 Å². The van der Waals surface area contributed by atoms with E-state index in [1.54, 1.807) is 12.0 Å². The van der Waals surface area contributed by atoms with Crippen molar-refractivity contribution < 1.29 is 19.1 Å². The Bertz CT molecular complexity index is 619. The van der Waals surface area contributed by atoms with Crippen LogP contribution in [-0.2, 0) is 9.53 Å². The van der Waals surface area contributed by atoms with Crippen molar-refractivity contribution in [2.75, 3.05) is 27.3 Å². The van der Waals surface area contributed by atoms with Crippen LogP contribution in [0.4, 0.5) is 4.79 Å². The highest BCUT2D eigenvalue weighted by molar-refractivity contribution is 5.80. The first-order chi connectivity index (χ1) is 11.6. The van der Waals surface area contributed by atoms with Gasteiger partial charge < -0.3 is 19.7 Å². The van der Waals surface area contributed by atoms with E-state index in [1.165, 1.54) is 7.11 Å². The van der Waals surface area contributed by atoms with Crippen LogP contribution in [0.5, 0.6) is 5.75 Å². The molecule has 0 radical (unpaired) electrons. The van der Waals surface area contributed by atoms with Crippen molar-refractivity contribution in [1.82, 2.24) is 10.2 Å². The summed E-state index contributed by atoms with van der Waals surface area (Å²) in [7, 11) is 3.03. The van der Waals surface area contributed by atoms with Crippen LogP contribution in [0.2, 0.25) is 0 Å². The molecule has 130 valence electrons. The van der Waals surface area contributed by atoms with E-state index in [-0.39, 0.29) is 24.0 Å². The number of ether oxygens (including phenoxy) is 2. The van der Waals surface area contributed by atoms with Crippen molar-refractivity contribution in [3.63, 3.8) is 0 Å². The largest absolute Gasteiger partial charge is 0.496 e. The number of piperidine rings is 1. The molecule has 3 unspecified atom stereocenters. The van der Waals surface area contributed by atoms with Crippen LogP contribution in [0.3, 0.4) is 0 Å². The van der Waals surface area contributed by atoms with Crippen molar-refractivity contribution in [1.29, 1.82) is 0 Å². The number of rotatable bonds is 4. The predicted molar refractivity (Wildman–Crippen MR) is 89.0 cm³/mol. The Hall–Kier alpha value is -2.24. The summed E-state index contributed by atoms with van der Waals surface area (Å²) in [6.45, 7) is 1.09. The fourth-order valence-electron chi connectivity index (χ4n) is 3.46. The third-order valence-electron chi connectivity index (χ3n) is 4.88. The zero-order valence-electron chi connectivity index (χ0n) is 14.2. The molecule has 1 saturated heterocycles. The average Bonchev–Trinajstić information content (AvgIpc) is 3.39. The van der Waals surface area contributed by atoms with Gasteiger partial charge in [0.15, 0.2) is 0 Å². The maximum absolute atomic E-state index is 12.5. The van der Waals surface area contributed by atoms with Crippen molar-refractivity contribution in [3.8, 4) is 5.75 Å². The van der Waals surface area contributed by atoms with E-state index in [9.17, 15) is 9.59 Å². The Morgan fingerprint density at radius 2 is 2.04 bits per heavy atom. The summed E-state index contributed by atoms with van der Waals surface area (Å²) in [6, 6.07) is 8.09. The van der Waals surface area contributed by atoms with Gasteiger partial charge in [-0.25, -0.2) is 4.79 Å². The molecule has 1 aromatic rings. The van der Waals surface area contributed by atoms with Gasteiger partial charge in [-0.2, -0.15) is 0 Å². The maximum atomic E-state index is 12.5. The van der Waals surface area contributed by atoms with Crippen LogP contribution < -0.4 is 10.1 Å². The summed E-state index contributed by atoms with van der Waals surface area (Å²) in [4.78, 5) is 25.8. The Balaban J connectivity index is 1.56. The predicted octanol–water partition coefficient (Wildman–Crippen LogP) is 2.15. The van der Waals surface area contributed by atoms with E-state index in [0.29, 0.717) is 19.0 Å². The summed E-state index contributed by atoms with van der Waals surface area (Å²) < 4.78 is 10.2. The van der Waals surface area contributed by atoms with Crippen molar-refractivity contribution in [2.45, 2.75) is 31.2 Å². The number of hydrogen-bond donors (Lipinski definition) is 1. The van der Waals surface area contributed by atoms with Gasteiger partial charge in [-0.1, -0.05) is 18.2 Å². The van der Waals surface area contributed by atoms with E-state index in [1.807, 2.05) is 18.2 Å². The second-order valence-corrected chi connectivity index (χ2v) is 6.45. The summed E-state index contributed by atoms with van der Waals surface area (Å²) in [5.74, 6) is 1.06. The minimum absolute atomic E-state index is 0.0333. The number of para-hydroxylation sites is 1. The van der Waals surface area contributed by atoms with Crippen LogP contribution >= 0.6 is 0 Å². The molecule has 6 nitrogen and oxygen atoms in total. The summed E-state index contributed by atoms with van der Waals surface area (Å²) in [5, 5.41) is 3.13. The van der Waals surface area contributed by atoms with E-state index in [0.717, 1.165) is 30.6 Å². The number of amides is 2. The smallest absolute Gasteiger partial charge is 0.409 e. The molecule has 1 heterocycles. The van der Waals surface area contributed by atoms with Crippen LogP contribution in [0.25, 0.3) is 0 Å². The quantitative estimate of drug-likeness (QED) is 0.917. The molecule has 3 atom stereocenters. The number of nitrogens with zero attached hydrogens (tertiary/aromatic N) is 1. The number of benzene rings is 1. The van der Waals surface area contributed by atoms with Gasteiger partial charge in [0.2, 0.25) is 5.91 Å². The van der Waals surface area contributed by atoms with E-state index < -0.39 is 0 Å². The molecule has 2 fully saturated rings. The van der Waals surface area contributed by atoms with E-state index >= 15 is 0 Å². The molecule has 3 rings (SSSR count). The lowest BCUT2D eigenvalue weighted by Crippen LogP contribution is -2.46. The van der Waals surface area contributed by atoms with Crippen LogP contribution in [0.1, 0.15) is 30.7 Å². The highest BCUT2D eigenvalue weighted by Gasteiger charge is 2.42. The topological polar surface area (TPSA) is 67.9 Å². The van der Waals surface area contributed by atoms with Crippen molar-refractivity contribution in [3.05, 3.63) is 29.8 Å².